The zero-order valence-electron chi connectivity index (χ0n) is 13.8. The highest BCUT2D eigenvalue weighted by atomic mass is 35.5. The number of aromatic nitrogens is 3. The minimum Gasteiger partial charge on any atom is -0.497 e. The van der Waals surface area contributed by atoms with Crippen molar-refractivity contribution < 1.29 is 9.47 Å². The van der Waals surface area contributed by atoms with Crippen LogP contribution >= 0.6 is 23.4 Å². The molecule has 1 aromatic heterocycles. The second-order valence-electron chi connectivity index (χ2n) is 5.12. The molecule has 0 radical (unpaired) electrons. The van der Waals surface area contributed by atoms with Gasteiger partial charge in [-0.15, -0.1) is 10.2 Å². The summed E-state index contributed by atoms with van der Waals surface area (Å²) in [6, 6.07) is 13.0. The smallest absolute Gasteiger partial charge is 0.210 e. The van der Waals surface area contributed by atoms with E-state index in [-0.39, 0.29) is 0 Å². The van der Waals surface area contributed by atoms with Gasteiger partial charge in [-0.2, -0.15) is 0 Å². The van der Waals surface area contributed by atoms with Crippen molar-refractivity contribution in [2.45, 2.75) is 10.9 Å². The molecule has 0 bridgehead atoms. The molecule has 0 spiro atoms. The van der Waals surface area contributed by atoms with E-state index in [1.54, 1.807) is 20.3 Å². The molecule has 2 N–H and O–H groups in total. The molecule has 0 aliphatic carbocycles. The Labute approximate surface area is 154 Å². The fourth-order valence-electron chi connectivity index (χ4n) is 2.34. The molecular formula is C17H17ClN4O2S. The van der Waals surface area contributed by atoms with Gasteiger partial charge in [-0.3, -0.25) is 0 Å². The predicted molar refractivity (Wildman–Crippen MR) is 99.7 cm³/mol. The summed E-state index contributed by atoms with van der Waals surface area (Å²) in [7, 11) is 3.27. The van der Waals surface area contributed by atoms with Gasteiger partial charge in [0.1, 0.15) is 11.5 Å². The van der Waals surface area contributed by atoms with E-state index in [0.717, 1.165) is 22.6 Å². The lowest BCUT2D eigenvalue weighted by molar-refractivity contribution is 0.400. The highest BCUT2D eigenvalue weighted by molar-refractivity contribution is 7.98. The van der Waals surface area contributed by atoms with E-state index in [2.05, 4.69) is 10.2 Å². The first-order valence-corrected chi connectivity index (χ1v) is 8.79. The maximum atomic E-state index is 6.21. The van der Waals surface area contributed by atoms with Crippen LogP contribution in [0.5, 0.6) is 11.5 Å². The van der Waals surface area contributed by atoms with Crippen molar-refractivity contribution in [3.8, 4) is 22.9 Å². The van der Waals surface area contributed by atoms with Crippen LogP contribution in [0.25, 0.3) is 11.4 Å². The predicted octanol–water partition coefficient (Wildman–Crippen LogP) is 3.62. The van der Waals surface area contributed by atoms with Crippen LogP contribution in [-0.2, 0) is 5.75 Å². The first-order valence-electron chi connectivity index (χ1n) is 7.43. The minimum absolute atomic E-state index is 0.519. The van der Waals surface area contributed by atoms with E-state index in [0.29, 0.717) is 21.8 Å². The summed E-state index contributed by atoms with van der Waals surface area (Å²) in [6.07, 6.45) is 0. The maximum Gasteiger partial charge on any atom is 0.210 e. The van der Waals surface area contributed by atoms with Gasteiger partial charge in [0.15, 0.2) is 5.82 Å². The van der Waals surface area contributed by atoms with Gasteiger partial charge in [-0.1, -0.05) is 35.5 Å². The number of nitrogen functional groups attached to an aromatic ring is 1. The molecule has 0 unspecified atom stereocenters. The molecule has 0 saturated carbocycles. The Hall–Kier alpha value is -2.38. The normalized spacial score (nSPS) is 10.7. The van der Waals surface area contributed by atoms with Crippen LogP contribution in [0.15, 0.2) is 47.6 Å². The lowest BCUT2D eigenvalue weighted by atomic mass is 10.2. The number of benzene rings is 2. The molecule has 130 valence electrons. The first-order chi connectivity index (χ1) is 12.1. The second kappa shape index (κ2) is 7.67. The number of nitrogens with two attached hydrogens (primary N) is 1. The molecule has 1 heterocycles. The SMILES string of the molecule is COc1ccc(OC)c(CSc2nnc(-c3ccccc3Cl)n2N)c1. The largest absolute Gasteiger partial charge is 0.497 e. The van der Waals surface area contributed by atoms with E-state index in [1.165, 1.54) is 16.4 Å². The average Bonchev–Trinajstić information content (AvgIpc) is 3.00. The maximum absolute atomic E-state index is 6.21. The summed E-state index contributed by atoms with van der Waals surface area (Å²) in [6.45, 7) is 0. The van der Waals surface area contributed by atoms with Gasteiger partial charge in [-0.05, 0) is 30.3 Å². The number of thioether (sulfide) groups is 1. The van der Waals surface area contributed by atoms with Crippen molar-refractivity contribution in [2.75, 3.05) is 20.1 Å². The van der Waals surface area contributed by atoms with Crippen molar-refractivity contribution >= 4 is 23.4 Å². The van der Waals surface area contributed by atoms with Gasteiger partial charge >= 0.3 is 0 Å². The lowest BCUT2D eigenvalue weighted by Gasteiger charge is -2.10. The molecule has 0 aliphatic heterocycles. The summed E-state index contributed by atoms with van der Waals surface area (Å²) >= 11 is 7.67. The third kappa shape index (κ3) is 3.67. The van der Waals surface area contributed by atoms with Crippen molar-refractivity contribution in [3.63, 3.8) is 0 Å². The molecule has 3 aromatic rings. The van der Waals surface area contributed by atoms with E-state index < -0.39 is 0 Å². The molecule has 0 atom stereocenters. The Bertz CT molecular complexity index is 885. The van der Waals surface area contributed by atoms with E-state index in [4.69, 9.17) is 26.9 Å². The molecular weight excluding hydrogens is 360 g/mol. The Morgan fingerprint density at radius 3 is 2.64 bits per heavy atom. The van der Waals surface area contributed by atoms with Crippen LogP contribution in [0.3, 0.4) is 0 Å². The second-order valence-corrected chi connectivity index (χ2v) is 6.47. The number of rotatable bonds is 6. The monoisotopic (exact) mass is 376 g/mol. The zero-order valence-corrected chi connectivity index (χ0v) is 15.3. The Balaban J connectivity index is 1.83. The van der Waals surface area contributed by atoms with Crippen molar-refractivity contribution in [3.05, 3.63) is 53.1 Å². The Morgan fingerprint density at radius 1 is 1.12 bits per heavy atom. The number of ether oxygens (including phenoxy) is 2. The summed E-state index contributed by atoms with van der Waals surface area (Å²) in [4.78, 5) is 0. The summed E-state index contributed by atoms with van der Waals surface area (Å²) in [5.41, 5.74) is 1.72. The molecule has 0 amide bonds. The van der Waals surface area contributed by atoms with Crippen molar-refractivity contribution in [2.24, 2.45) is 0 Å². The quantitative estimate of drug-likeness (QED) is 0.523. The molecule has 0 fully saturated rings. The third-order valence-corrected chi connectivity index (χ3v) is 4.95. The van der Waals surface area contributed by atoms with Crippen molar-refractivity contribution in [1.29, 1.82) is 0 Å². The van der Waals surface area contributed by atoms with Crippen LogP contribution in [0.2, 0.25) is 5.02 Å². The average molecular weight is 377 g/mol. The van der Waals surface area contributed by atoms with Gasteiger partial charge in [0.2, 0.25) is 5.16 Å². The molecule has 25 heavy (non-hydrogen) atoms. The molecule has 2 aromatic carbocycles. The molecule has 8 heteroatoms. The summed E-state index contributed by atoms with van der Waals surface area (Å²) in [5, 5.41) is 9.49. The number of methoxy groups -OCH3 is 2. The van der Waals surface area contributed by atoms with Crippen LogP contribution in [0.4, 0.5) is 0 Å². The molecule has 0 saturated heterocycles. The molecule has 6 nitrogen and oxygen atoms in total. The van der Waals surface area contributed by atoms with Crippen LogP contribution in [-0.4, -0.2) is 29.1 Å². The summed E-state index contributed by atoms with van der Waals surface area (Å²) < 4.78 is 12.1. The fourth-order valence-corrected chi connectivity index (χ4v) is 3.39. The Kier molecular flexibility index (Phi) is 5.35. The highest BCUT2D eigenvalue weighted by Crippen LogP contribution is 2.32. The van der Waals surface area contributed by atoms with Gasteiger partial charge in [0.25, 0.3) is 0 Å². The van der Waals surface area contributed by atoms with Crippen LogP contribution < -0.4 is 15.3 Å². The van der Waals surface area contributed by atoms with Crippen LogP contribution in [0, 0.1) is 0 Å². The highest BCUT2D eigenvalue weighted by Gasteiger charge is 2.15. The topological polar surface area (TPSA) is 75.2 Å². The van der Waals surface area contributed by atoms with Crippen molar-refractivity contribution in [1.82, 2.24) is 14.9 Å². The number of hydrogen-bond donors (Lipinski definition) is 1. The molecule has 3 rings (SSSR count). The first kappa shape index (κ1) is 17.4. The number of hydrogen-bond acceptors (Lipinski definition) is 6. The third-order valence-electron chi connectivity index (χ3n) is 3.62. The lowest BCUT2D eigenvalue weighted by Crippen LogP contribution is -2.11. The standard InChI is InChI=1S/C17H17ClN4O2S/c1-23-12-7-8-15(24-2)11(9-12)10-25-17-21-20-16(22(17)19)13-5-3-4-6-14(13)18/h3-9H,10,19H2,1-2H3. The van der Waals surface area contributed by atoms with Gasteiger partial charge in [-0.25, -0.2) is 4.68 Å². The van der Waals surface area contributed by atoms with Gasteiger partial charge in [0, 0.05) is 16.9 Å². The summed E-state index contributed by atoms with van der Waals surface area (Å²) in [5.74, 6) is 8.83. The molecule has 0 aliphatic rings. The number of nitrogens with zero attached hydrogens (tertiary/aromatic N) is 3. The fraction of sp³-hybridized carbons (Fsp3) is 0.176. The van der Waals surface area contributed by atoms with E-state index in [1.807, 2.05) is 36.4 Å². The van der Waals surface area contributed by atoms with Gasteiger partial charge < -0.3 is 15.3 Å². The zero-order chi connectivity index (χ0) is 17.8. The minimum atomic E-state index is 0.519. The van der Waals surface area contributed by atoms with E-state index in [9.17, 15) is 0 Å². The van der Waals surface area contributed by atoms with Gasteiger partial charge in [0.05, 0.1) is 19.2 Å². The van der Waals surface area contributed by atoms with Crippen LogP contribution in [0.1, 0.15) is 5.56 Å². The number of halogens is 1. The Morgan fingerprint density at radius 2 is 1.92 bits per heavy atom. The van der Waals surface area contributed by atoms with E-state index >= 15 is 0 Å².